The largest absolute Gasteiger partial charge is 0.441 e. The van der Waals surface area contributed by atoms with Crippen LogP contribution in [0, 0.1) is 5.92 Å². The van der Waals surface area contributed by atoms with Crippen molar-refractivity contribution in [3.8, 4) is 0 Å². The number of carbonyl (C=O) groups is 1. The van der Waals surface area contributed by atoms with E-state index in [0.717, 1.165) is 25.9 Å². The van der Waals surface area contributed by atoms with Crippen molar-refractivity contribution < 1.29 is 18.0 Å². The summed E-state index contributed by atoms with van der Waals surface area (Å²) < 4.78 is 35.3. The number of hydrogen-bond donors (Lipinski definition) is 2. The molecule has 1 amide bonds. The van der Waals surface area contributed by atoms with Gasteiger partial charge in [0.2, 0.25) is 5.91 Å². The molecule has 1 aliphatic heterocycles. The summed E-state index contributed by atoms with van der Waals surface area (Å²) in [7, 11) is 0. The molecule has 0 aromatic rings. The van der Waals surface area contributed by atoms with E-state index in [9.17, 15) is 18.0 Å². The molecule has 7 heteroatoms. The van der Waals surface area contributed by atoms with Gasteiger partial charge in [-0.25, -0.2) is 0 Å². The fraction of sp³-hybridized carbons (Fsp3) is 0.900. The van der Waals surface area contributed by atoms with Gasteiger partial charge in [-0.05, 0) is 43.6 Å². The van der Waals surface area contributed by atoms with Gasteiger partial charge in [0.1, 0.15) is 0 Å². The molecule has 0 bridgehead atoms. The quantitative estimate of drug-likeness (QED) is 0.722. The minimum Gasteiger partial charge on any atom is -0.355 e. The van der Waals surface area contributed by atoms with E-state index in [4.69, 9.17) is 0 Å². The lowest BCUT2D eigenvalue weighted by molar-refractivity contribution is -0.121. The Kier molecular flexibility index (Phi) is 6.11. The lowest BCUT2D eigenvalue weighted by Crippen LogP contribution is -2.27. The number of thioether (sulfide) groups is 1. The fourth-order valence-corrected chi connectivity index (χ4v) is 2.18. The molecule has 1 unspecified atom stereocenters. The van der Waals surface area contributed by atoms with Gasteiger partial charge >= 0.3 is 5.51 Å². The average Bonchev–Trinajstić information content (AvgIpc) is 2.73. The van der Waals surface area contributed by atoms with Gasteiger partial charge in [0.15, 0.2) is 0 Å². The predicted molar refractivity (Wildman–Crippen MR) is 61.7 cm³/mol. The van der Waals surface area contributed by atoms with E-state index in [2.05, 4.69) is 10.6 Å². The van der Waals surface area contributed by atoms with E-state index in [1.54, 1.807) is 0 Å². The fourth-order valence-electron chi connectivity index (χ4n) is 1.74. The Balaban J connectivity index is 1.97. The van der Waals surface area contributed by atoms with Gasteiger partial charge in [0, 0.05) is 18.7 Å². The van der Waals surface area contributed by atoms with Gasteiger partial charge in [0.05, 0.1) is 0 Å². The van der Waals surface area contributed by atoms with E-state index in [-0.39, 0.29) is 30.0 Å². The number of alkyl halides is 3. The molecule has 1 heterocycles. The molecule has 0 aromatic heterocycles. The van der Waals surface area contributed by atoms with Crippen molar-refractivity contribution in [3.05, 3.63) is 0 Å². The van der Waals surface area contributed by atoms with Crippen LogP contribution in [0.3, 0.4) is 0 Å². The van der Waals surface area contributed by atoms with Crippen LogP contribution in [0.15, 0.2) is 0 Å². The Labute approximate surface area is 103 Å². The molecule has 0 saturated carbocycles. The molecule has 0 spiro atoms. The van der Waals surface area contributed by atoms with Crippen molar-refractivity contribution >= 4 is 17.7 Å². The molecular formula is C10H17F3N2OS. The Morgan fingerprint density at radius 1 is 1.47 bits per heavy atom. The first-order valence-electron chi connectivity index (χ1n) is 5.65. The van der Waals surface area contributed by atoms with Crippen molar-refractivity contribution in [1.29, 1.82) is 0 Å². The summed E-state index contributed by atoms with van der Waals surface area (Å²) >= 11 is -0.106. The number of rotatable bonds is 6. The van der Waals surface area contributed by atoms with E-state index < -0.39 is 5.51 Å². The van der Waals surface area contributed by atoms with Crippen LogP contribution in [-0.4, -0.2) is 36.8 Å². The Morgan fingerprint density at radius 2 is 2.24 bits per heavy atom. The maximum absolute atomic E-state index is 11.8. The summed E-state index contributed by atoms with van der Waals surface area (Å²) in [5.74, 6) is 0.255. The zero-order valence-electron chi connectivity index (χ0n) is 9.48. The van der Waals surface area contributed by atoms with Crippen LogP contribution in [0.4, 0.5) is 13.2 Å². The van der Waals surface area contributed by atoms with E-state index >= 15 is 0 Å². The van der Waals surface area contributed by atoms with Gasteiger partial charge in [-0.1, -0.05) is 0 Å². The molecule has 100 valence electrons. The molecule has 2 N–H and O–H groups in total. The molecule has 1 saturated heterocycles. The zero-order valence-corrected chi connectivity index (χ0v) is 10.3. The van der Waals surface area contributed by atoms with Crippen LogP contribution in [0.5, 0.6) is 0 Å². The molecule has 1 aliphatic rings. The Bertz CT molecular complexity index is 242. The molecule has 1 atom stereocenters. The number of nitrogens with one attached hydrogen (secondary N) is 2. The third kappa shape index (κ3) is 7.49. The van der Waals surface area contributed by atoms with Crippen molar-refractivity contribution in [1.82, 2.24) is 10.6 Å². The highest BCUT2D eigenvalue weighted by Gasteiger charge is 2.27. The van der Waals surface area contributed by atoms with Crippen molar-refractivity contribution in [3.63, 3.8) is 0 Å². The highest BCUT2D eigenvalue weighted by molar-refractivity contribution is 8.00. The molecule has 17 heavy (non-hydrogen) atoms. The summed E-state index contributed by atoms with van der Waals surface area (Å²) in [6.07, 6.45) is 2.30. The summed E-state index contributed by atoms with van der Waals surface area (Å²) in [4.78, 5) is 11.3. The predicted octanol–water partition coefficient (Wildman–Crippen LogP) is 1.75. The van der Waals surface area contributed by atoms with Gasteiger partial charge in [-0.15, -0.1) is 0 Å². The van der Waals surface area contributed by atoms with E-state index in [1.165, 1.54) is 0 Å². The van der Waals surface area contributed by atoms with Crippen molar-refractivity contribution in [2.24, 2.45) is 5.92 Å². The standard InChI is InChI=1S/C10H17F3N2OS/c11-10(12,13)17-6-5-15-9(16)2-1-8-3-4-14-7-8/h8,14H,1-7H2,(H,15,16). The first kappa shape index (κ1) is 14.6. The summed E-state index contributed by atoms with van der Waals surface area (Å²) in [5.41, 5.74) is -4.21. The second kappa shape index (κ2) is 7.10. The first-order chi connectivity index (χ1) is 7.97. The molecular weight excluding hydrogens is 253 g/mol. The number of amides is 1. The maximum atomic E-state index is 11.8. The van der Waals surface area contributed by atoms with Gasteiger partial charge in [-0.2, -0.15) is 13.2 Å². The topological polar surface area (TPSA) is 41.1 Å². The van der Waals surface area contributed by atoms with Crippen LogP contribution in [0.25, 0.3) is 0 Å². The average molecular weight is 270 g/mol. The van der Waals surface area contributed by atoms with Gasteiger partial charge < -0.3 is 10.6 Å². The van der Waals surface area contributed by atoms with E-state index in [1.807, 2.05) is 0 Å². The number of halogens is 3. The second-order valence-corrected chi connectivity index (χ2v) is 5.20. The maximum Gasteiger partial charge on any atom is 0.441 e. The lowest BCUT2D eigenvalue weighted by Gasteiger charge is -2.09. The minimum atomic E-state index is -4.21. The molecule has 0 radical (unpaired) electrons. The van der Waals surface area contributed by atoms with Crippen LogP contribution >= 0.6 is 11.8 Å². The molecule has 1 rings (SSSR count). The third-order valence-electron chi connectivity index (χ3n) is 2.63. The summed E-state index contributed by atoms with van der Waals surface area (Å²) in [5, 5.41) is 5.70. The van der Waals surface area contributed by atoms with Crippen molar-refractivity contribution in [2.75, 3.05) is 25.4 Å². The molecule has 0 aromatic carbocycles. The van der Waals surface area contributed by atoms with Gasteiger partial charge in [-0.3, -0.25) is 4.79 Å². The third-order valence-corrected chi connectivity index (χ3v) is 3.37. The van der Waals surface area contributed by atoms with Crippen LogP contribution in [0.2, 0.25) is 0 Å². The summed E-state index contributed by atoms with van der Waals surface area (Å²) in [6.45, 7) is 2.01. The van der Waals surface area contributed by atoms with Gasteiger partial charge in [0.25, 0.3) is 0 Å². The summed E-state index contributed by atoms with van der Waals surface area (Å²) in [6, 6.07) is 0. The van der Waals surface area contributed by atoms with E-state index in [0.29, 0.717) is 12.3 Å². The monoisotopic (exact) mass is 270 g/mol. The molecule has 3 nitrogen and oxygen atoms in total. The second-order valence-electron chi connectivity index (χ2n) is 4.04. The first-order valence-corrected chi connectivity index (χ1v) is 6.64. The van der Waals surface area contributed by atoms with Crippen LogP contribution < -0.4 is 10.6 Å². The molecule has 1 fully saturated rings. The number of hydrogen-bond acceptors (Lipinski definition) is 3. The number of carbonyl (C=O) groups excluding carboxylic acids is 1. The van der Waals surface area contributed by atoms with Crippen LogP contribution in [0.1, 0.15) is 19.3 Å². The lowest BCUT2D eigenvalue weighted by atomic mass is 10.0. The highest BCUT2D eigenvalue weighted by atomic mass is 32.2. The highest BCUT2D eigenvalue weighted by Crippen LogP contribution is 2.29. The van der Waals surface area contributed by atoms with Crippen molar-refractivity contribution in [2.45, 2.75) is 24.8 Å². The van der Waals surface area contributed by atoms with Crippen LogP contribution in [-0.2, 0) is 4.79 Å². The molecule has 0 aliphatic carbocycles. The minimum absolute atomic E-state index is 0.0753. The normalized spacial score (nSPS) is 20.5. The zero-order chi connectivity index (χ0) is 12.7. The Hall–Kier alpha value is -0.430. The Morgan fingerprint density at radius 3 is 2.82 bits per heavy atom. The SMILES string of the molecule is O=C(CCC1CCNC1)NCCSC(F)(F)F. The smallest absolute Gasteiger partial charge is 0.355 e.